The summed E-state index contributed by atoms with van der Waals surface area (Å²) in [5.41, 5.74) is 3.01. The third-order valence-electron chi connectivity index (χ3n) is 5.94. The van der Waals surface area contributed by atoms with Crippen molar-refractivity contribution >= 4 is 42.9 Å². The van der Waals surface area contributed by atoms with Crippen LogP contribution in [0.4, 0.5) is 5.69 Å². The summed E-state index contributed by atoms with van der Waals surface area (Å²) < 4.78 is 6.05. The Morgan fingerprint density at radius 1 is 1.21 bits per heavy atom. The van der Waals surface area contributed by atoms with E-state index in [0.29, 0.717) is 22.3 Å². The molecule has 0 bridgehead atoms. The molecule has 3 rings (SSSR count). The molecule has 5 nitrogen and oxygen atoms in total. The fourth-order valence-corrected chi connectivity index (χ4v) is 5.17. The van der Waals surface area contributed by atoms with Gasteiger partial charge in [-0.05, 0) is 48.4 Å². The smallest absolute Gasteiger partial charge is 0.236 e. The molecule has 2 aromatic rings. The number of rotatable bonds is 7. The van der Waals surface area contributed by atoms with Crippen molar-refractivity contribution in [2.24, 2.45) is 0 Å². The second-order valence-electron chi connectivity index (χ2n) is 10.1. The number of aliphatic hydroxyl groups is 1. The maximum absolute atomic E-state index is 14.1. The maximum Gasteiger partial charge on any atom is 0.236 e. The highest BCUT2D eigenvalue weighted by atomic mass is 35.5. The number of halogens is 2. The predicted molar refractivity (Wildman–Crippen MR) is 143 cm³/mol. The van der Waals surface area contributed by atoms with E-state index >= 15 is 0 Å². The second-order valence-corrected chi connectivity index (χ2v) is 16.6. The van der Waals surface area contributed by atoms with E-state index < -0.39 is 20.2 Å². The standard InChI is InChI=1S/C26H34Cl2N2O3Si/c1-17(2)25-21-10-9-20(28)14-23(21)30(16-33-11-12-34(3,4)5)26(32)22(15-24(31)29-25)18-7-6-8-19(27)13-18/h6-10,13-14,22,24-25,29,31H,1,11-12,15-16H2,2-5H3/t22?,24?,25-/m1/s1. The predicted octanol–water partition coefficient (Wildman–Crippen LogP) is 6.35. The molecule has 2 N–H and O–H groups in total. The zero-order chi connectivity index (χ0) is 25.0. The monoisotopic (exact) mass is 520 g/mol. The Kier molecular flexibility index (Phi) is 9.01. The molecule has 0 saturated carbocycles. The van der Waals surface area contributed by atoms with E-state index in [1.807, 2.05) is 25.1 Å². The van der Waals surface area contributed by atoms with Gasteiger partial charge in [0.05, 0.1) is 17.6 Å². The van der Waals surface area contributed by atoms with Crippen molar-refractivity contribution in [1.29, 1.82) is 0 Å². The number of amides is 1. The molecule has 1 amide bonds. The van der Waals surface area contributed by atoms with E-state index in [2.05, 4.69) is 31.5 Å². The van der Waals surface area contributed by atoms with Gasteiger partial charge in [0, 0.05) is 31.1 Å². The molecule has 1 aliphatic rings. The van der Waals surface area contributed by atoms with E-state index in [1.165, 1.54) is 0 Å². The first-order chi connectivity index (χ1) is 16.0. The third-order valence-corrected chi connectivity index (χ3v) is 8.11. The minimum Gasteiger partial charge on any atom is -0.379 e. The Labute approximate surface area is 213 Å². The summed E-state index contributed by atoms with van der Waals surface area (Å²) in [6, 6.07) is 13.3. The lowest BCUT2D eigenvalue weighted by molar-refractivity contribution is -0.122. The van der Waals surface area contributed by atoms with Crippen molar-refractivity contribution in [3.8, 4) is 0 Å². The van der Waals surface area contributed by atoms with Gasteiger partial charge in [0.15, 0.2) is 0 Å². The van der Waals surface area contributed by atoms with Gasteiger partial charge in [0.2, 0.25) is 5.91 Å². The summed E-state index contributed by atoms with van der Waals surface area (Å²) in [5.74, 6) is -0.806. The molecule has 2 unspecified atom stereocenters. The van der Waals surface area contributed by atoms with Gasteiger partial charge < -0.3 is 9.84 Å². The lowest BCUT2D eigenvalue weighted by atomic mass is 9.93. The average Bonchev–Trinajstić information content (AvgIpc) is 2.78. The minimum atomic E-state index is -1.29. The van der Waals surface area contributed by atoms with E-state index in [4.69, 9.17) is 27.9 Å². The molecule has 1 aliphatic heterocycles. The SMILES string of the molecule is C=C(C)[C@H]1NC(O)CC(c2cccc(Cl)c2)C(=O)N(COCC[Si](C)(C)C)c2cc(Cl)ccc21. The Hall–Kier alpha value is -1.67. The molecular formula is C26H34Cl2N2O3Si. The highest BCUT2D eigenvalue weighted by Gasteiger charge is 2.35. The summed E-state index contributed by atoms with van der Waals surface area (Å²) in [6.45, 7) is 13.5. The van der Waals surface area contributed by atoms with Crippen molar-refractivity contribution in [3.05, 3.63) is 75.8 Å². The van der Waals surface area contributed by atoms with E-state index in [-0.39, 0.29) is 25.1 Å². The van der Waals surface area contributed by atoms with Gasteiger partial charge in [-0.3, -0.25) is 15.0 Å². The van der Waals surface area contributed by atoms with Crippen LogP contribution in [0.5, 0.6) is 0 Å². The summed E-state index contributed by atoms with van der Waals surface area (Å²) in [6.07, 6.45) is -0.762. The molecule has 0 aliphatic carbocycles. The first kappa shape index (κ1) is 26.9. The van der Waals surface area contributed by atoms with E-state index in [0.717, 1.165) is 22.7 Å². The molecule has 0 fully saturated rings. The van der Waals surface area contributed by atoms with Gasteiger partial charge in [-0.15, -0.1) is 0 Å². The molecule has 8 heteroatoms. The molecule has 1 heterocycles. The fourth-order valence-electron chi connectivity index (χ4n) is 4.05. The Balaban J connectivity index is 2.08. The topological polar surface area (TPSA) is 61.8 Å². The van der Waals surface area contributed by atoms with E-state index in [1.54, 1.807) is 29.2 Å². The van der Waals surface area contributed by atoms with Gasteiger partial charge in [-0.2, -0.15) is 0 Å². The number of hydrogen-bond acceptors (Lipinski definition) is 4. The molecule has 0 radical (unpaired) electrons. The van der Waals surface area contributed by atoms with Gasteiger partial charge >= 0.3 is 0 Å². The largest absolute Gasteiger partial charge is 0.379 e. The molecular weight excluding hydrogens is 487 g/mol. The highest BCUT2D eigenvalue weighted by Crippen LogP contribution is 2.38. The van der Waals surface area contributed by atoms with Crippen molar-refractivity contribution < 1.29 is 14.6 Å². The summed E-state index contributed by atoms with van der Waals surface area (Å²) >= 11 is 12.6. The molecule has 3 atom stereocenters. The lowest BCUT2D eigenvalue weighted by Gasteiger charge is -2.30. The molecule has 0 spiro atoms. The molecule has 184 valence electrons. The van der Waals surface area contributed by atoms with Crippen molar-refractivity contribution in [2.45, 2.75) is 57.2 Å². The van der Waals surface area contributed by atoms with Crippen LogP contribution in [0.2, 0.25) is 35.7 Å². The van der Waals surface area contributed by atoms with Crippen LogP contribution in [0, 0.1) is 0 Å². The number of nitrogens with one attached hydrogen (secondary N) is 1. The van der Waals surface area contributed by atoms with Gasteiger partial charge in [0.1, 0.15) is 13.0 Å². The van der Waals surface area contributed by atoms with Gasteiger partial charge in [-0.25, -0.2) is 0 Å². The number of carbonyl (C=O) groups is 1. The minimum absolute atomic E-state index is 0.0900. The number of benzene rings is 2. The molecule has 34 heavy (non-hydrogen) atoms. The summed E-state index contributed by atoms with van der Waals surface area (Å²) in [5, 5.41) is 15.2. The molecule has 2 aromatic carbocycles. The highest BCUT2D eigenvalue weighted by molar-refractivity contribution is 6.76. The maximum atomic E-state index is 14.1. The number of anilines is 1. The number of ether oxygens (including phenoxy) is 1. The lowest BCUT2D eigenvalue weighted by Crippen LogP contribution is -2.39. The first-order valence-electron chi connectivity index (χ1n) is 11.5. The quantitative estimate of drug-likeness (QED) is 0.253. The Bertz CT molecular complexity index is 1040. The zero-order valence-electron chi connectivity index (χ0n) is 20.3. The summed E-state index contributed by atoms with van der Waals surface area (Å²) in [4.78, 5) is 15.7. The number of hydrogen-bond donors (Lipinski definition) is 2. The number of nitrogens with zero attached hydrogens (tertiary/aromatic N) is 1. The van der Waals surface area contributed by atoms with Gasteiger partial charge in [-0.1, -0.05) is 73.2 Å². The molecule has 0 saturated heterocycles. The second kappa shape index (κ2) is 11.4. The van der Waals surface area contributed by atoms with Crippen LogP contribution in [-0.2, 0) is 9.53 Å². The van der Waals surface area contributed by atoms with Crippen molar-refractivity contribution in [2.75, 3.05) is 18.2 Å². The third kappa shape index (κ3) is 6.94. The van der Waals surface area contributed by atoms with Crippen LogP contribution in [0.15, 0.2) is 54.6 Å². The molecule has 0 aromatic heterocycles. The van der Waals surface area contributed by atoms with E-state index in [9.17, 15) is 9.90 Å². The zero-order valence-corrected chi connectivity index (χ0v) is 22.8. The number of fused-ring (bicyclic) bond motifs is 1. The average molecular weight is 522 g/mol. The Morgan fingerprint density at radius 3 is 2.56 bits per heavy atom. The van der Waals surface area contributed by atoms with Crippen LogP contribution >= 0.6 is 23.2 Å². The number of aliphatic hydroxyl groups excluding tert-OH is 1. The van der Waals surface area contributed by atoms with Crippen LogP contribution < -0.4 is 10.2 Å². The fraction of sp³-hybridized carbons (Fsp3) is 0.423. The number of carbonyl (C=O) groups excluding carboxylic acids is 1. The summed E-state index contributed by atoms with van der Waals surface area (Å²) in [7, 11) is -1.29. The van der Waals surface area contributed by atoms with Crippen LogP contribution in [-0.4, -0.2) is 38.7 Å². The van der Waals surface area contributed by atoms with Crippen LogP contribution in [0.1, 0.15) is 36.4 Å². The Morgan fingerprint density at radius 2 is 1.91 bits per heavy atom. The van der Waals surface area contributed by atoms with Crippen LogP contribution in [0.3, 0.4) is 0 Å². The van der Waals surface area contributed by atoms with Crippen LogP contribution in [0.25, 0.3) is 0 Å². The normalized spacial score (nSPS) is 21.4. The van der Waals surface area contributed by atoms with Crippen molar-refractivity contribution in [3.63, 3.8) is 0 Å². The van der Waals surface area contributed by atoms with Crippen molar-refractivity contribution in [1.82, 2.24) is 5.32 Å². The van der Waals surface area contributed by atoms with Gasteiger partial charge in [0.25, 0.3) is 0 Å². The first-order valence-corrected chi connectivity index (χ1v) is 16.0.